The van der Waals surface area contributed by atoms with Crippen molar-refractivity contribution in [2.24, 2.45) is 4.40 Å². The molecule has 0 fully saturated rings. The molecule has 3 rings (SSSR count). The number of anilines is 1. The van der Waals surface area contributed by atoms with Crippen LogP contribution in [0, 0.1) is 0 Å². The summed E-state index contributed by atoms with van der Waals surface area (Å²) in [6, 6.07) is 10.5. The summed E-state index contributed by atoms with van der Waals surface area (Å²) in [6.45, 7) is 0.484. The van der Waals surface area contributed by atoms with E-state index in [9.17, 15) is 13.2 Å². The van der Waals surface area contributed by atoms with Crippen molar-refractivity contribution in [2.75, 3.05) is 5.32 Å². The lowest BCUT2D eigenvalue weighted by Gasteiger charge is -2.17. The lowest BCUT2D eigenvalue weighted by atomic mass is 10.2. The van der Waals surface area contributed by atoms with Crippen LogP contribution in [0.1, 0.15) is 17.7 Å². The van der Waals surface area contributed by atoms with Gasteiger partial charge in [-0.2, -0.15) is 8.42 Å². The maximum atomic E-state index is 12.1. The van der Waals surface area contributed by atoms with Crippen LogP contribution in [-0.4, -0.2) is 20.2 Å². The standard InChI is InChI=1S/C15H15N3O3S2/c19-15(16-10-11-4-3-9-22-11)8-7-14-17-12-5-1-2-6-13(12)23(20,21)18-14/h1-6,9H,7-8,10H2,(H,16,19)(H,17,18). The van der Waals surface area contributed by atoms with Gasteiger partial charge in [-0.25, -0.2) is 0 Å². The number of hydrogen-bond donors (Lipinski definition) is 2. The molecule has 2 heterocycles. The molecular weight excluding hydrogens is 334 g/mol. The minimum atomic E-state index is -3.69. The molecule has 8 heteroatoms. The van der Waals surface area contributed by atoms with E-state index in [0.29, 0.717) is 12.2 Å². The van der Waals surface area contributed by atoms with Gasteiger partial charge in [-0.3, -0.25) is 4.79 Å². The molecule has 1 amide bonds. The number of rotatable bonds is 5. The van der Waals surface area contributed by atoms with Gasteiger partial charge in [0.05, 0.1) is 12.2 Å². The number of thiophene rings is 1. The highest BCUT2D eigenvalue weighted by Gasteiger charge is 2.24. The van der Waals surface area contributed by atoms with Crippen LogP contribution in [0.4, 0.5) is 5.69 Å². The number of nitrogens with one attached hydrogen (secondary N) is 2. The van der Waals surface area contributed by atoms with Crippen LogP contribution >= 0.6 is 11.3 Å². The van der Waals surface area contributed by atoms with E-state index in [1.807, 2.05) is 17.5 Å². The first-order valence-electron chi connectivity index (χ1n) is 7.03. The lowest BCUT2D eigenvalue weighted by molar-refractivity contribution is -0.121. The summed E-state index contributed by atoms with van der Waals surface area (Å²) in [6.07, 6.45) is 0.415. The maximum absolute atomic E-state index is 12.1. The van der Waals surface area contributed by atoms with Gasteiger partial charge >= 0.3 is 0 Å². The number of fused-ring (bicyclic) bond motifs is 1. The minimum Gasteiger partial charge on any atom is -0.351 e. The molecule has 0 bridgehead atoms. The maximum Gasteiger partial charge on any atom is 0.286 e. The number of para-hydroxylation sites is 1. The topological polar surface area (TPSA) is 87.6 Å². The van der Waals surface area contributed by atoms with Gasteiger partial charge in [0.1, 0.15) is 10.7 Å². The quantitative estimate of drug-likeness (QED) is 0.867. The Hall–Kier alpha value is -2.19. The first-order valence-corrected chi connectivity index (χ1v) is 9.35. The third kappa shape index (κ3) is 3.77. The fourth-order valence-corrected chi connectivity index (χ4v) is 4.01. The Kier molecular flexibility index (Phi) is 4.44. The van der Waals surface area contributed by atoms with Crippen molar-refractivity contribution in [1.29, 1.82) is 0 Å². The Morgan fingerprint density at radius 1 is 1.22 bits per heavy atom. The van der Waals surface area contributed by atoms with Gasteiger partial charge in [-0.15, -0.1) is 15.7 Å². The largest absolute Gasteiger partial charge is 0.351 e. The predicted molar refractivity (Wildman–Crippen MR) is 90.1 cm³/mol. The number of nitrogens with zero attached hydrogens (tertiary/aromatic N) is 1. The number of carbonyl (C=O) groups is 1. The average molecular weight is 349 g/mol. The Balaban J connectivity index is 1.59. The van der Waals surface area contributed by atoms with Crippen LogP contribution in [0.15, 0.2) is 51.1 Å². The predicted octanol–water partition coefficient (Wildman–Crippen LogP) is 2.36. The number of benzene rings is 1. The van der Waals surface area contributed by atoms with Crippen molar-refractivity contribution in [1.82, 2.24) is 5.32 Å². The molecule has 0 aliphatic carbocycles. The van der Waals surface area contributed by atoms with Gasteiger partial charge in [-0.05, 0) is 23.6 Å². The van der Waals surface area contributed by atoms with E-state index in [1.165, 1.54) is 6.07 Å². The Morgan fingerprint density at radius 3 is 2.83 bits per heavy atom. The molecule has 0 atom stereocenters. The number of sulfonamides is 1. The highest BCUT2D eigenvalue weighted by atomic mass is 32.2. The van der Waals surface area contributed by atoms with Gasteiger partial charge in [-0.1, -0.05) is 18.2 Å². The summed E-state index contributed by atoms with van der Waals surface area (Å²) < 4.78 is 27.9. The zero-order valence-electron chi connectivity index (χ0n) is 12.2. The van der Waals surface area contributed by atoms with Crippen molar-refractivity contribution < 1.29 is 13.2 Å². The van der Waals surface area contributed by atoms with Gasteiger partial charge in [0.15, 0.2) is 0 Å². The van der Waals surface area contributed by atoms with Crippen LogP contribution < -0.4 is 10.6 Å². The molecule has 120 valence electrons. The molecule has 1 aromatic carbocycles. The summed E-state index contributed by atoms with van der Waals surface area (Å²) in [5.74, 6) is 0.147. The third-order valence-electron chi connectivity index (χ3n) is 3.30. The van der Waals surface area contributed by atoms with Crippen LogP contribution in [0.5, 0.6) is 0 Å². The number of amides is 1. The molecule has 0 unspecified atom stereocenters. The van der Waals surface area contributed by atoms with Crippen molar-refractivity contribution in [3.63, 3.8) is 0 Å². The van der Waals surface area contributed by atoms with Gasteiger partial charge in [0.2, 0.25) is 5.91 Å². The molecule has 23 heavy (non-hydrogen) atoms. The third-order valence-corrected chi connectivity index (χ3v) is 5.55. The van der Waals surface area contributed by atoms with Crippen LogP contribution in [-0.2, 0) is 21.4 Å². The first-order chi connectivity index (χ1) is 11.0. The first kappa shape index (κ1) is 15.7. The number of amidine groups is 1. The summed E-state index contributed by atoms with van der Waals surface area (Å²) in [4.78, 5) is 13.1. The smallest absolute Gasteiger partial charge is 0.286 e. The monoisotopic (exact) mass is 349 g/mol. The van der Waals surface area contributed by atoms with Crippen LogP contribution in [0.2, 0.25) is 0 Å². The van der Waals surface area contributed by atoms with E-state index in [0.717, 1.165) is 4.88 Å². The summed E-state index contributed by atoms with van der Waals surface area (Å²) >= 11 is 1.57. The van der Waals surface area contributed by atoms with Gasteiger partial charge in [0.25, 0.3) is 10.0 Å². The molecule has 1 aromatic heterocycles. The van der Waals surface area contributed by atoms with E-state index in [-0.39, 0.29) is 29.5 Å². The molecule has 6 nitrogen and oxygen atoms in total. The summed E-state index contributed by atoms with van der Waals surface area (Å²) in [5.41, 5.74) is 0.497. The second kappa shape index (κ2) is 6.51. The van der Waals surface area contributed by atoms with E-state index in [1.54, 1.807) is 29.5 Å². The fourth-order valence-electron chi connectivity index (χ4n) is 2.19. The molecule has 2 aromatic rings. The lowest BCUT2D eigenvalue weighted by Crippen LogP contribution is -2.26. The van der Waals surface area contributed by atoms with Crippen LogP contribution in [0.25, 0.3) is 0 Å². The summed E-state index contributed by atoms with van der Waals surface area (Å²) in [5, 5.41) is 7.72. The van der Waals surface area contributed by atoms with E-state index >= 15 is 0 Å². The Morgan fingerprint density at radius 2 is 2.04 bits per heavy atom. The zero-order chi connectivity index (χ0) is 16.3. The summed E-state index contributed by atoms with van der Waals surface area (Å²) in [7, 11) is -3.69. The number of carbonyl (C=O) groups excluding carboxylic acids is 1. The van der Waals surface area contributed by atoms with Crippen molar-refractivity contribution >= 4 is 38.8 Å². The molecule has 0 radical (unpaired) electrons. The van der Waals surface area contributed by atoms with Gasteiger partial charge < -0.3 is 10.6 Å². The second-order valence-electron chi connectivity index (χ2n) is 4.99. The number of hydrogen-bond acceptors (Lipinski definition) is 5. The Bertz CT molecular complexity index is 843. The fraction of sp³-hybridized carbons (Fsp3) is 0.200. The molecular formula is C15H15N3O3S2. The van der Waals surface area contributed by atoms with Gasteiger partial charge in [0, 0.05) is 17.7 Å². The molecule has 1 aliphatic rings. The van der Waals surface area contributed by atoms with Crippen molar-refractivity contribution in [3.8, 4) is 0 Å². The zero-order valence-corrected chi connectivity index (χ0v) is 13.8. The van der Waals surface area contributed by atoms with Crippen LogP contribution in [0.3, 0.4) is 0 Å². The molecule has 2 N–H and O–H groups in total. The second-order valence-corrected chi connectivity index (χ2v) is 7.60. The van der Waals surface area contributed by atoms with E-state index in [4.69, 9.17) is 0 Å². The SMILES string of the molecule is O=C(CCC1=NS(=O)(=O)c2ccccc2N1)NCc1cccs1. The van der Waals surface area contributed by atoms with E-state index < -0.39 is 10.0 Å². The molecule has 0 saturated carbocycles. The van der Waals surface area contributed by atoms with E-state index in [2.05, 4.69) is 15.0 Å². The minimum absolute atomic E-state index is 0.140. The highest BCUT2D eigenvalue weighted by Crippen LogP contribution is 2.27. The molecule has 1 aliphatic heterocycles. The Labute approximate surface area is 138 Å². The molecule has 0 spiro atoms. The average Bonchev–Trinajstić information content (AvgIpc) is 3.04. The van der Waals surface area contributed by atoms with Crippen molar-refractivity contribution in [2.45, 2.75) is 24.3 Å². The molecule has 0 saturated heterocycles. The van der Waals surface area contributed by atoms with Crippen molar-refractivity contribution in [3.05, 3.63) is 46.7 Å². The normalized spacial score (nSPS) is 15.2. The highest BCUT2D eigenvalue weighted by molar-refractivity contribution is 7.90.